The lowest BCUT2D eigenvalue weighted by Crippen LogP contribution is -2.21. The van der Waals surface area contributed by atoms with Gasteiger partial charge in [-0.2, -0.15) is 0 Å². The van der Waals surface area contributed by atoms with Crippen LogP contribution >= 0.6 is 0 Å². The van der Waals surface area contributed by atoms with E-state index in [0.29, 0.717) is 12.3 Å². The highest BCUT2D eigenvalue weighted by molar-refractivity contribution is 5.97. The second-order valence-corrected chi connectivity index (χ2v) is 2.98. The van der Waals surface area contributed by atoms with Crippen LogP contribution in [0.25, 0.3) is 0 Å². The van der Waals surface area contributed by atoms with Gasteiger partial charge in [-0.05, 0) is 14.1 Å². The molecule has 0 aliphatic rings. The summed E-state index contributed by atoms with van der Waals surface area (Å²) in [4.78, 5) is 13.3. The zero-order chi connectivity index (χ0) is 9.84. The maximum absolute atomic E-state index is 11.5. The average Bonchev–Trinajstić information content (AvgIpc) is 2.49. The number of carbonyl (C=O) groups is 1. The molecule has 1 aromatic rings. The molecule has 1 rings (SSSR count). The number of methoxy groups -OCH3 is 1. The second-order valence-electron chi connectivity index (χ2n) is 2.98. The summed E-state index contributed by atoms with van der Waals surface area (Å²) in [6, 6.07) is 1.63. The third kappa shape index (κ3) is 2.32. The molecule has 0 aliphatic heterocycles. The lowest BCUT2D eigenvalue weighted by Gasteiger charge is -2.06. The third-order valence-corrected chi connectivity index (χ3v) is 1.56. The predicted molar refractivity (Wildman–Crippen MR) is 48.1 cm³/mol. The Morgan fingerprint density at radius 3 is 2.85 bits per heavy atom. The standard InChI is InChI=1S/C9H13NO3/c1-10(2)6-7(11)9-8(12-3)4-5-13-9/h4-5H,6H2,1-3H3. The fourth-order valence-electron chi connectivity index (χ4n) is 1.02. The molecule has 0 aromatic carbocycles. The smallest absolute Gasteiger partial charge is 0.215 e. The first-order valence-electron chi connectivity index (χ1n) is 3.94. The van der Waals surface area contributed by atoms with Crippen LogP contribution in [-0.4, -0.2) is 38.4 Å². The Balaban J connectivity index is 2.76. The highest BCUT2D eigenvalue weighted by atomic mass is 16.5. The van der Waals surface area contributed by atoms with E-state index in [2.05, 4.69) is 0 Å². The zero-order valence-corrected chi connectivity index (χ0v) is 8.03. The molecule has 4 heteroatoms. The van der Waals surface area contributed by atoms with Gasteiger partial charge in [-0.15, -0.1) is 0 Å². The monoisotopic (exact) mass is 183 g/mol. The number of ketones is 1. The van der Waals surface area contributed by atoms with Crippen LogP contribution in [0.5, 0.6) is 5.75 Å². The van der Waals surface area contributed by atoms with E-state index in [0.717, 1.165) is 0 Å². The maximum atomic E-state index is 11.5. The quantitative estimate of drug-likeness (QED) is 0.654. The number of Topliss-reactive ketones (excluding diaryl/α,β-unsaturated/α-hetero) is 1. The molecule has 0 fully saturated rings. The van der Waals surface area contributed by atoms with Crippen molar-refractivity contribution in [3.8, 4) is 5.75 Å². The third-order valence-electron chi connectivity index (χ3n) is 1.56. The Morgan fingerprint density at radius 1 is 1.62 bits per heavy atom. The fourth-order valence-corrected chi connectivity index (χ4v) is 1.02. The maximum Gasteiger partial charge on any atom is 0.215 e. The summed E-state index contributed by atoms with van der Waals surface area (Å²) in [7, 11) is 5.16. The van der Waals surface area contributed by atoms with Crippen molar-refractivity contribution in [2.45, 2.75) is 0 Å². The van der Waals surface area contributed by atoms with Crippen LogP contribution in [0.3, 0.4) is 0 Å². The van der Waals surface area contributed by atoms with Gasteiger partial charge in [0.1, 0.15) is 0 Å². The SMILES string of the molecule is COc1ccoc1C(=O)CN(C)C. The Labute approximate surface area is 77.1 Å². The molecule has 0 bridgehead atoms. The summed E-state index contributed by atoms with van der Waals surface area (Å²) < 4.78 is 9.97. The van der Waals surface area contributed by atoms with Crippen molar-refractivity contribution in [2.24, 2.45) is 0 Å². The summed E-state index contributed by atoms with van der Waals surface area (Å²) >= 11 is 0. The van der Waals surface area contributed by atoms with E-state index in [4.69, 9.17) is 9.15 Å². The zero-order valence-electron chi connectivity index (χ0n) is 8.03. The molecule has 72 valence electrons. The first-order valence-corrected chi connectivity index (χ1v) is 3.94. The van der Waals surface area contributed by atoms with Crippen LogP contribution in [0.15, 0.2) is 16.7 Å². The molecule has 13 heavy (non-hydrogen) atoms. The number of hydrogen-bond donors (Lipinski definition) is 0. The van der Waals surface area contributed by atoms with E-state index in [1.807, 2.05) is 14.1 Å². The number of furan rings is 1. The van der Waals surface area contributed by atoms with Gasteiger partial charge >= 0.3 is 0 Å². The largest absolute Gasteiger partial charge is 0.493 e. The van der Waals surface area contributed by atoms with Crippen LogP contribution in [-0.2, 0) is 0 Å². The Hall–Kier alpha value is -1.29. The van der Waals surface area contributed by atoms with Crippen LogP contribution in [0, 0.1) is 0 Å². The minimum atomic E-state index is -0.0770. The minimum Gasteiger partial charge on any atom is -0.493 e. The molecule has 0 N–H and O–H groups in total. The minimum absolute atomic E-state index is 0.0770. The number of likely N-dealkylation sites (N-methyl/N-ethyl adjacent to an activating group) is 1. The second kappa shape index (κ2) is 4.09. The highest BCUT2D eigenvalue weighted by Gasteiger charge is 2.16. The van der Waals surface area contributed by atoms with Gasteiger partial charge in [-0.1, -0.05) is 0 Å². The van der Waals surface area contributed by atoms with E-state index in [-0.39, 0.29) is 11.5 Å². The normalized spacial score (nSPS) is 10.5. The van der Waals surface area contributed by atoms with Crippen molar-refractivity contribution in [1.82, 2.24) is 4.90 Å². The van der Waals surface area contributed by atoms with E-state index < -0.39 is 0 Å². The molecule has 1 heterocycles. The molecular formula is C9H13NO3. The average molecular weight is 183 g/mol. The molecule has 4 nitrogen and oxygen atoms in total. The number of ether oxygens (including phenoxy) is 1. The van der Waals surface area contributed by atoms with Gasteiger partial charge in [0, 0.05) is 6.07 Å². The predicted octanol–water partition coefficient (Wildman–Crippen LogP) is 1.03. The van der Waals surface area contributed by atoms with Crippen molar-refractivity contribution in [2.75, 3.05) is 27.7 Å². The molecule has 0 radical (unpaired) electrons. The first kappa shape index (κ1) is 9.80. The molecular weight excluding hydrogens is 170 g/mol. The number of hydrogen-bond acceptors (Lipinski definition) is 4. The topological polar surface area (TPSA) is 42.7 Å². The van der Waals surface area contributed by atoms with Crippen molar-refractivity contribution in [3.05, 3.63) is 18.1 Å². The lowest BCUT2D eigenvalue weighted by molar-refractivity contribution is 0.0926. The van der Waals surface area contributed by atoms with Crippen LogP contribution < -0.4 is 4.74 Å². The number of nitrogens with zero attached hydrogens (tertiary/aromatic N) is 1. The van der Waals surface area contributed by atoms with Gasteiger partial charge in [0.2, 0.25) is 11.5 Å². The van der Waals surface area contributed by atoms with Gasteiger partial charge in [0.15, 0.2) is 5.75 Å². The van der Waals surface area contributed by atoms with E-state index in [1.54, 1.807) is 11.0 Å². The van der Waals surface area contributed by atoms with Crippen molar-refractivity contribution >= 4 is 5.78 Å². The van der Waals surface area contributed by atoms with Gasteiger partial charge in [-0.25, -0.2) is 0 Å². The fraction of sp³-hybridized carbons (Fsp3) is 0.444. The van der Waals surface area contributed by atoms with E-state index >= 15 is 0 Å². The molecule has 0 unspecified atom stereocenters. The molecule has 1 aromatic heterocycles. The molecule has 0 saturated heterocycles. The Morgan fingerprint density at radius 2 is 2.31 bits per heavy atom. The Bertz CT molecular complexity index is 291. The highest BCUT2D eigenvalue weighted by Crippen LogP contribution is 2.19. The summed E-state index contributed by atoms with van der Waals surface area (Å²) in [5, 5.41) is 0. The number of carbonyl (C=O) groups excluding carboxylic acids is 1. The summed E-state index contributed by atoms with van der Waals surface area (Å²) in [5.74, 6) is 0.704. The van der Waals surface area contributed by atoms with Crippen LogP contribution in [0.1, 0.15) is 10.6 Å². The molecule has 0 aliphatic carbocycles. The molecule has 0 spiro atoms. The van der Waals surface area contributed by atoms with E-state index in [1.165, 1.54) is 13.4 Å². The van der Waals surface area contributed by atoms with Crippen molar-refractivity contribution in [3.63, 3.8) is 0 Å². The Kier molecular flexibility index (Phi) is 3.08. The van der Waals surface area contributed by atoms with Crippen LogP contribution in [0.2, 0.25) is 0 Å². The summed E-state index contributed by atoms with van der Waals surface area (Å²) in [6.07, 6.45) is 1.45. The van der Waals surface area contributed by atoms with Crippen LogP contribution in [0.4, 0.5) is 0 Å². The molecule has 0 amide bonds. The summed E-state index contributed by atoms with van der Waals surface area (Å²) in [6.45, 7) is 0.323. The van der Waals surface area contributed by atoms with Gasteiger partial charge in [0.05, 0.1) is 19.9 Å². The van der Waals surface area contributed by atoms with Crippen molar-refractivity contribution < 1.29 is 13.9 Å². The number of rotatable bonds is 4. The lowest BCUT2D eigenvalue weighted by atomic mass is 10.3. The molecule has 0 saturated carbocycles. The summed E-state index contributed by atoms with van der Waals surface area (Å²) in [5.41, 5.74) is 0. The van der Waals surface area contributed by atoms with Gasteiger partial charge < -0.3 is 14.1 Å². The van der Waals surface area contributed by atoms with Gasteiger partial charge in [-0.3, -0.25) is 4.79 Å². The van der Waals surface area contributed by atoms with Gasteiger partial charge in [0.25, 0.3) is 0 Å². The first-order chi connectivity index (χ1) is 6.15. The van der Waals surface area contributed by atoms with Crippen molar-refractivity contribution in [1.29, 1.82) is 0 Å². The van der Waals surface area contributed by atoms with E-state index in [9.17, 15) is 4.79 Å². The molecule has 0 atom stereocenters.